The highest BCUT2D eigenvalue weighted by Crippen LogP contribution is 2.34. The molecule has 0 aliphatic rings. The molecule has 0 N–H and O–H groups in total. The van der Waals surface area contributed by atoms with E-state index in [2.05, 4.69) is 6.92 Å². The van der Waals surface area contributed by atoms with Crippen LogP contribution >= 0.6 is 23.2 Å². The first-order valence-electron chi connectivity index (χ1n) is 8.80. The summed E-state index contributed by atoms with van der Waals surface area (Å²) in [6.07, 6.45) is 6.58. The molecule has 0 amide bonds. The fourth-order valence-corrected chi connectivity index (χ4v) is 3.03. The molecule has 2 rings (SSSR count). The van der Waals surface area contributed by atoms with Crippen LogP contribution in [0.3, 0.4) is 0 Å². The van der Waals surface area contributed by atoms with Crippen LogP contribution in [0, 0.1) is 0 Å². The second-order valence-electron chi connectivity index (χ2n) is 5.91. The van der Waals surface area contributed by atoms with Crippen LogP contribution in [0.1, 0.15) is 45.4 Å². The monoisotopic (exact) mass is 368 g/mol. The molecule has 2 aromatic rings. The number of alkyl halides is 1. The highest BCUT2D eigenvalue weighted by atomic mass is 35.5. The molecular weight excluding hydrogens is 343 g/mol. The van der Waals surface area contributed by atoms with Crippen molar-refractivity contribution in [3.63, 3.8) is 0 Å². The molecule has 0 heterocycles. The molecule has 132 valence electrons. The molecule has 0 saturated heterocycles. The Kier molecular flexibility index (Phi) is 8.55. The number of fused-ring (bicyclic) bond motifs is 1. The van der Waals surface area contributed by atoms with Gasteiger partial charge in [-0.25, -0.2) is 0 Å². The van der Waals surface area contributed by atoms with Gasteiger partial charge in [0.05, 0.1) is 18.2 Å². The first-order chi connectivity index (χ1) is 11.8. The van der Waals surface area contributed by atoms with Crippen molar-refractivity contribution in [2.24, 2.45) is 0 Å². The van der Waals surface area contributed by atoms with E-state index in [4.69, 9.17) is 32.7 Å². The van der Waals surface area contributed by atoms with Gasteiger partial charge in [-0.2, -0.15) is 0 Å². The minimum Gasteiger partial charge on any atom is -0.494 e. The number of rotatable bonds is 11. The van der Waals surface area contributed by atoms with Crippen molar-refractivity contribution in [3.8, 4) is 11.5 Å². The minimum absolute atomic E-state index is 0.667. The number of halogens is 2. The lowest BCUT2D eigenvalue weighted by Gasteiger charge is -2.11. The van der Waals surface area contributed by atoms with Gasteiger partial charge in [0, 0.05) is 11.3 Å². The Morgan fingerprint density at radius 2 is 1.67 bits per heavy atom. The van der Waals surface area contributed by atoms with E-state index in [1.807, 2.05) is 30.3 Å². The molecule has 24 heavy (non-hydrogen) atoms. The molecule has 0 saturated carbocycles. The fourth-order valence-electron chi connectivity index (χ4n) is 2.55. The Hall–Kier alpha value is -1.12. The van der Waals surface area contributed by atoms with Crippen LogP contribution in [-0.2, 0) is 0 Å². The average molecular weight is 369 g/mol. The molecule has 0 aliphatic heterocycles. The number of benzene rings is 2. The third kappa shape index (κ3) is 5.75. The predicted molar refractivity (Wildman–Crippen MR) is 104 cm³/mol. The molecule has 2 nitrogen and oxygen atoms in total. The molecule has 0 bridgehead atoms. The van der Waals surface area contributed by atoms with Crippen molar-refractivity contribution in [2.45, 2.75) is 45.4 Å². The van der Waals surface area contributed by atoms with E-state index in [1.54, 1.807) is 0 Å². The summed E-state index contributed by atoms with van der Waals surface area (Å²) in [5, 5.41) is 2.74. The van der Waals surface area contributed by atoms with Crippen LogP contribution < -0.4 is 9.47 Å². The van der Waals surface area contributed by atoms with Crippen LogP contribution in [0.25, 0.3) is 10.8 Å². The first kappa shape index (κ1) is 19.2. The van der Waals surface area contributed by atoms with Gasteiger partial charge in [-0.1, -0.05) is 37.4 Å². The molecule has 0 aliphatic carbocycles. The summed E-state index contributed by atoms with van der Waals surface area (Å²) in [6.45, 7) is 3.62. The van der Waals surface area contributed by atoms with Crippen molar-refractivity contribution in [1.82, 2.24) is 0 Å². The molecule has 2 aromatic carbocycles. The smallest absolute Gasteiger partial charge is 0.138 e. The van der Waals surface area contributed by atoms with Crippen molar-refractivity contribution < 1.29 is 9.47 Å². The zero-order chi connectivity index (χ0) is 17.2. The number of unbranched alkanes of at least 4 members (excludes halogenated alkanes) is 4. The van der Waals surface area contributed by atoms with E-state index in [1.165, 1.54) is 12.8 Å². The van der Waals surface area contributed by atoms with E-state index < -0.39 is 0 Å². The summed E-state index contributed by atoms with van der Waals surface area (Å²) in [4.78, 5) is 0. The number of hydrogen-bond donors (Lipinski definition) is 0. The summed E-state index contributed by atoms with van der Waals surface area (Å²) in [6, 6.07) is 10.00. The molecule has 0 fully saturated rings. The van der Waals surface area contributed by atoms with Crippen molar-refractivity contribution in [2.75, 3.05) is 19.1 Å². The van der Waals surface area contributed by atoms with Crippen LogP contribution in [0.5, 0.6) is 11.5 Å². The van der Waals surface area contributed by atoms with Gasteiger partial charge in [0.25, 0.3) is 0 Å². The van der Waals surface area contributed by atoms with Crippen molar-refractivity contribution in [3.05, 3.63) is 35.4 Å². The molecule has 0 unspecified atom stereocenters. The second kappa shape index (κ2) is 10.7. The van der Waals surface area contributed by atoms with E-state index in [0.717, 1.165) is 54.6 Å². The van der Waals surface area contributed by atoms with Crippen molar-refractivity contribution in [1.29, 1.82) is 0 Å². The number of hydrogen-bond acceptors (Lipinski definition) is 2. The molecular formula is C20H26Cl2O2. The highest BCUT2D eigenvalue weighted by Gasteiger charge is 2.08. The van der Waals surface area contributed by atoms with E-state index >= 15 is 0 Å². The zero-order valence-electron chi connectivity index (χ0n) is 14.3. The molecule has 4 heteroatoms. The van der Waals surface area contributed by atoms with Crippen LogP contribution in [0.15, 0.2) is 30.3 Å². The lowest BCUT2D eigenvalue weighted by atomic mass is 10.1. The largest absolute Gasteiger partial charge is 0.494 e. The standard InChI is InChI=1S/C20H26Cl2O2/c1-2-3-6-13-23-17-9-10-18-16(15-17)8-11-19(20(18)22)24-14-7-4-5-12-21/h8-11,15H,2-7,12-14H2,1H3. The molecule has 0 spiro atoms. The predicted octanol–water partition coefficient (Wildman–Crippen LogP) is 6.85. The fraction of sp³-hybridized carbons (Fsp3) is 0.500. The van der Waals surface area contributed by atoms with Crippen LogP contribution in [-0.4, -0.2) is 19.1 Å². The minimum atomic E-state index is 0.667. The summed E-state index contributed by atoms with van der Waals surface area (Å²) in [5.41, 5.74) is 0. The SMILES string of the molecule is CCCCCOc1ccc2c(Cl)c(OCCCCCCl)ccc2c1. The lowest BCUT2D eigenvalue weighted by Crippen LogP contribution is -1.99. The Balaban J connectivity index is 1.98. The van der Waals surface area contributed by atoms with Crippen LogP contribution in [0.4, 0.5) is 0 Å². The number of ether oxygens (including phenoxy) is 2. The van der Waals surface area contributed by atoms with Gasteiger partial charge in [-0.05, 0) is 55.3 Å². The quantitative estimate of drug-likeness (QED) is 0.318. The maximum Gasteiger partial charge on any atom is 0.138 e. The van der Waals surface area contributed by atoms with Gasteiger partial charge in [-0.3, -0.25) is 0 Å². The van der Waals surface area contributed by atoms with Crippen LogP contribution in [0.2, 0.25) is 5.02 Å². The third-order valence-corrected chi connectivity index (χ3v) is 4.60. The van der Waals surface area contributed by atoms with E-state index in [0.29, 0.717) is 17.5 Å². The summed E-state index contributed by atoms with van der Waals surface area (Å²) < 4.78 is 11.6. The average Bonchev–Trinajstić information content (AvgIpc) is 2.60. The Morgan fingerprint density at radius 3 is 2.46 bits per heavy atom. The molecule has 0 aromatic heterocycles. The third-order valence-electron chi connectivity index (χ3n) is 3.94. The van der Waals surface area contributed by atoms with Gasteiger partial charge in [0.15, 0.2) is 0 Å². The molecule has 0 atom stereocenters. The maximum atomic E-state index is 6.49. The topological polar surface area (TPSA) is 18.5 Å². The Bertz CT molecular complexity index is 628. The van der Waals surface area contributed by atoms with Crippen molar-refractivity contribution >= 4 is 34.0 Å². The van der Waals surface area contributed by atoms with E-state index in [9.17, 15) is 0 Å². The summed E-state index contributed by atoms with van der Waals surface area (Å²) in [7, 11) is 0. The van der Waals surface area contributed by atoms with Gasteiger partial charge >= 0.3 is 0 Å². The van der Waals surface area contributed by atoms with Gasteiger partial charge in [0.2, 0.25) is 0 Å². The van der Waals surface area contributed by atoms with Gasteiger partial charge in [-0.15, -0.1) is 11.6 Å². The first-order valence-corrected chi connectivity index (χ1v) is 9.71. The normalized spacial score (nSPS) is 11.0. The maximum absolute atomic E-state index is 6.49. The zero-order valence-corrected chi connectivity index (χ0v) is 15.8. The highest BCUT2D eigenvalue weighted by molar-refractivity contribution is 6.37. The second-order valence-corrected chi connectivity index (χ2v) is 6.67. The Labute approximate surface area is 155 Å². The van der Waals surface area contributed by atoms with E-state index in [-0.39, 0.29) is 0 Å². The van der Waals surface area contributed by atoms with Gasteiger partial charge < -0.3 is 9.47 Å². The summed E-state index contributed by atoms with van der Waals surface area (Å²) >= 11 is 12.2. The van der Waals surface area contributed by atoms with Gasteiger partial charge in [0.1, 0.15) is 11.5 Å². The summed E-state index contributed by atoms with van der Waals surface area (Å²) in [5.74, 6) is 2.34. The molecule has 0 radical (unpaired) electrons. The lowest BCUT2D eigenvalue weighted by molar-refractivity contribution is 0.306. The Morgan fingerprint density at radius 1 is 0.875 bits per heavy atom.